The van der Waals surface area contributed by atoms with Crippen molar-refractivity contribution < 1.29 is 9.53 Å². The van der Waals surface area contributed by atoms with Crippen LogP contribution in [0.5, 0.6) is 0 Å². The van der Waals surface area contributed by atoms with Crippen LogP contribution in [0.3, 0.4) is 0 Å². The summed E-state index contributed by atoms with van der Waals surface area (Å²) in [6.07, 6.45) is 8.84. The van der Waals surface area contributed by atoms with Gasteiger partial charge in [0.2, 0.25) is 0 Å². The Morgan fingerprint density at radius 3 is 2.57 bits per heavy atom. The van der Waals surface area contributed by atoms with Crippen molar-refractivity contribution in [2.24, 2.45) is 5.92 Å². The van der Waals surface area contributed by atoms with E-state index in [2.05, 4.69) is 17.3 Å². The lowest BCUT2D eigenvalue weighted by molar-refractivity contribution is -0.148. The molecule has 1 N–H and O–H groups in total. The van der Waals surface area contributed by atoms with Crippen LogP contribution >= 0.6 is 0 Å². The highest BCUT2D eigenvalue weighted by Gasteiger charge is 2.32. The van der Waals surface area contributed by atoms with Crippen molar-refractivity contribution >= 4 is 5.97 Å². The second-order valence-electron chi connectivity index (χ2n) is 6.72. The summed E-state index contributed by atoms with van der Waals surface area (Å²) in [4.78, 5) is 14.3. The molecule has 1 saturated carbocycles. The summed E-state index contributed by atoms with van der Waals surface area (Å²) in [5.74, 6) is 0.726. The fraction of sp³-hybridized carbons (Fsp3) is 0.941. The van der Waals surface area contributed by atoms with Gasteiger partial charge in [-0.1, -0.05) is 26.2 Å². The smallest absolute Gasteiger partial charge is 0.325 e. The zero-order chi connectivity index (χ0) is 15.7. The maximum atomic E-state index is 11.9. The molecular weight excluding hydrogens is 264 g/mol. The van der Waals surface area contributed by atoms with Crippen molar-refractivity contribution in [2.45, 2.75) is 64.3 Å². The molecule has 0 heterocycles. The summed E-state index contributed by atoms with van der Waals surface area (Å²) in [7, 11) is 3.67. The first-order valence-electron chi connectivity index (χ1n) is 8.54. The number of nitrogens with zero attached hydrogens (tertiary/aromatic N) is 1. The predicted octanol–water partition coefficient (Wildman–Crippen LogP) is 2.82. The second kappa shape index (κ2) is 9.42. The molecule has 124 valence electrons. The summed E-state index contributed by atoms with van der Waals surface area (Å²) < 4.78 is 4.93. The van der Waals surface area contributed by atoms with Gasteiger partial charge in [0.1, 0.15) is 5.54 Å². The van der Waals surface area contributed by atoms with E-state index in [0.29, 0.717) is 0 Å². The molecule has 21 heavy (non-hydrogen) atoms. The van der Waals surface area contributed by atoms with Crippen LogP contribution < -0.4 is 5.32 Å². The largest absolute Gasteiger partial charge is 0.468 e. The minimum Gasteiger partial charge on any atom is -0.468 e. The van der Waals surface area contributed by atoms with Gasteiger partial charge < -0.3 is 15.0 Å². The topological polar surface area (TPSA) is 41.6 Å². The van der Waals surface area contributed by atoms with Crippen molar-refractivity contribution in [1.82, 2.24) is 10.2 Å². The van der Waals surface area contributed by atoms with Gasteiger partial charge in [-0.2, -0.15) is 0 Å². The molecule has 1 atom stereocenters. The van der Waals surface area contributed by atoms with Crippen molar-refractivity contribution in [3.8, 4) is 0 Å². The van der Waals surface area contributed by atoms with Gasteiger partial charge in [0.25, 0.3) is 0 Å². The van der Waals surface area contributed by atoms with Crippen LogP contribution in [0.2, 0.25) is 0 Å². The Balaban J connectivity index is 2.30. The van der Waals surface area contributed by atoms with Crippen LogP contribution in [0.15, 0.2) is 0 Å². The Bertz CT molecular complexity index is 303. The Hall–Kier alpha value is -0.610. The highest BCUT2D eigenvalue weighted by molar-refractivity contribution is 5.80. The molecule has 0 saturated heterocycles. The minimum atomic E-state index is -0.546. The summed E-state index contributed by atoms with van der Waals surface area (Å²) in [6.45, 7) is 7.01. The molecule has 1 rings (SSSR count). The van der Waals surface area contributed by atoms with E-state index < -0.39 is 5.54 Å². The number of hydrogen-bond donors (Lipinski definition) is 1. The lowest BCUT2D eigenvalue weighted by Gasteiger charge is -2.30. The average Bonchev–Trinajstić information content (AvgIpc) is 2.47. The van der Waals surface area contributed by atoms with Gasteiger partial charge in [-0.05, 0) is 58.7 Å². The van der Waals surface area contributed by atoms with Crippen LogP contribution in [0.25, 0.3) is 0 Å². The molecule has 0 aliphatic heterocycles. The maximum Gasteiger partial charge on any atom is 0.325 e. The zero-order valence-electron chi connectivity index (χ0n) is 14.4. The third kappa shape index (κ3) is 6.35. The van der Waals surface area contributed by atoms with Gasteiger partial charge in [-0.25, -0.2) is 0 Å². The molecule has 0 aromatic heterocycles. The van der Waals surface area contributed by atoms with E-state index in [-0.39, 0.29) is 5.97 Å². The molecule has 0 spiro atoms. The Labute approximate surface area is 130 Å². The van der Waals surface area contributed by atoms with Crippen molar-refractivity contribution in [2.75, 3.05) is 33.8 Å². The minimum absolute atomic E-state index is 0.153. The van der Waals surface area contributed by atoms with Crippen molar-refractivity contribution in [3.63, 3.8) is 0 Å². The van der Waals surface area contributed by atoms with E-state index in [1.54, 1.807) is 0 Å². The average molecular weight is 298 g/mol. The standard InChI is InChI=1S/C17H34N2O2/c1-5-18-17(2,16(20)21-4)12-9-13-19(3)14-15-10-7-6-8-11-15/h15,18H,5-14H2,1-4H3. The first kappa shape index (κ1) is 18.4. The Morgan fingerprint density at radius 2 is 2.00 bits per heavy atom. The quantitative estimate of drug-likeness (QED) is 0.665. The van der Waals surface area contributed by atoms with E-state index in [1.807, 2.05) is 13.8 Å². The number of ether oxygens (including phenoxy) is 1. The number of carbonyl (C=O) groups excluding carboxylic acids is 1. The summed E-state index contributed by atoms with van der Waals surface area (Å²) in [6, 6.07) is 0. The van der Waals surface area contributed by atoms with Crippen molar-refractivity contribution in [3.05, 3.63) is 0 Å². The molecule has 0 radical (unpaired) electrons. The highest BCUT2D eigenvalue weighted by Crippen LogP contribution is 2.24. The third-order valence-electron chi connectivity index (χ3n) is 4.71. The number of rotatable bonds is 9. The van der Waals surface area contributed by atoms with Crippen LogP contribution in [-0.4, -0.2) is 50.2 Å². The Kier molecular flexibility index (Phi) is 8.27. The van der Waals surface area contributed by atoms with Crippen LogP contribution in [0, 0.1) is 5.92 Å². The molecule has 1 unspecified atom stereocenters. The normalized spacial score (nSPS) is 19.5. The highest BCUT2D eigenvalue weighted by atomic mass is 16.5. The molecule has 4 nitrogen and oxygen atoms in total. The molecule has 1 fully saturated rings. The predicted molar refractivity (Wildman–Crippen MR) is 87.4 cm³/mol. The Morgan fingerprint density at radius 1 is 1.33 bits per heavy atom. The first-order valence-corrected chi connectivity index (χ1v) is 8.54. The lowest BCUT2D eigenvalue weighted by Crippen LogP contribution is -2.50. The van der Waals surface area contributed by atoms with Gasteiger partial charge in [-0.3, -0.25) is 4.79 Å². The molecule has 0 bridgehead atoms. The van der Waals surface area contributed by atoms with Crippen LogP contribution in [0.1, 0.15) is 58.8 Å². The molecule has 0 amide bonds. The van der Waals surface area contributed by atoms with E-state index in [9.17, 15) is 4.79 Å². The van der Waals surface area contributed by atoms with Crippen molar-refractivity contribution in [1.29, 1.82) is 0 Å². The van der Waals surface area contributed by atoms with Gasteiger partial charge in [-0.15, -0.1) is 0 Å². The van der Waals surface area contributed by atoms with Crippen LogP contribution in [-0.2, 0) is 9.53 Å². The summed E-state index contributed by atoms with van der Waals surface area (Å²) in [5.41, 5.74) is -0.546. The fourth-order valence-corrected chi connectivity index (χ4v) is 3.48. The molecule has 0 aromatic rings. The molecule has 1 aliphatic rings. The molecule has 4 heteroatoms. The lowest BCUT2D eigenvalue weighted by atomic mass is 9.89. The maximum absolute atomic E-state index is 11.9. The van der Waals surface area contributed by atoms with Crippen LogP contribution in [0.4, 0.5) is 0 Å². The molecular formula is C17H34N2O2. The number of carbonyl (C=O) groups is 1. The number of hydrogen-bond acceptors (Lipinski definition) is 4. The number of nitrogens with one attached hydrogen (secondary N) is 1. The fourth-order valence-electron chi connectivity index (χ4n) is 3.48. The first-order chi connectivity index (χ1) is 10.0. The van der Waals surface area contributed by atoms with Gasteiger partial charge in [0, 0.05) is 6.54 Å². The molecule has 0 aromatic carbocycles. The third-order valence-corrected chi connectivity index (χ3v) is 4.71. The summed E-state index contributed by atoms with van der Waals surface area (Å²) >= 11 is 0. The monoisotopic (exact) mass is 298 g/mol. The number of likely N-dealkylation sites (N-methyl/N-ethyl adjacent to an activating group) is 1. The SMILES string of the molecule is CCNC(C)(CCCN(C)CC1CCCCC1)C(=O)OC. The van der Waals surface area contributed by atoms with Gasteiger partial charge in [0.15, 0.2) is 0 Å². The number of methoxy groups -OCH3 is 1. The van der Waals surface area contributed by atoms with E-state index in [4.69, 9.17) is 4.74 Å². The zero-order valence-corrected chi connectivity index (χ0v) is 14.4. The van der Waals surface area contributed by atoms with E-state index in [0.717, 1.165) is 31.8 Å². The van der Waals surface area contributed by atoms with Gasteiger partial charge in [0.05, 0.1) is 7.11 Å². The second-order valence-corrected chi connectivity index (χ2v) is 6.72. The summed E-state index contributed by atoms with van der Waals surface area (Å²) in [5, 5.41) is 3.27. The van der Waals surface area contributed by atoms with E-state index in [1.165, 1.54) is 45.8 Å². The van der Waals surface area contributed by atoms with Gasteiger partial charge >= 0.3 is 5.97 Å². The van der Waals surface area contributed by atoms with E-state index >= 15 is 0 Å². The number of esters is 1. The molecule has 1 aliphatic carbocycles.